The Labute approximate surface area is 214 Å². The summed E-state index contributed by atoms with van der Waals surface area (Å²) in [6.45, 7) is 4.12. The minimum absolute atomic E-state index is 0.0192. The smallest absolute Gasteiger partial charge is 0.322 e. The molecule has 0 fully saturated rings. The second-order valence-corrected chi connectivity index (χ2v) is 8.54. The monoisotopic (exact) mass is 499 g/mol. The molecule has 0 saturated heterocycles. The van der Waals surface area contributed by atoms with Crippen LogP contribution in [-0.4, -0.2) is 33.4 Å². The zero-order valence-electron chi connectivity index (χ0n) is 20.7. The van der Waals surface area contributed by atoms with Crippen molar-refractivity contribution in [3.05, 3.63) is 100.0 Å². The van der Waals surface area contributed by atoms with Gasteiger partial charge < -0.3 is 25.7 Å². The van der Waals surface area contributed by atoms with Crippen LogP contribution in [0.3, 0.4) is 0 Å². The predicted molar refractivity (Wildman–Crippen MR) is 142 cm³/mol. The van der Waals surface area contributed by atoms with Crippen molar-refractivity contribution in [1.29, 1.82) is 0 Å². The number of urea groups is 1. The Kier molecular flexibility index (Phi) is 7.83. The molecule has 37 heavy (non-hydrogen) atoms. The van der Waals surface area contributed by atoms with Crippen LogP contribution in [0, 0.1) is 0 Å². The van der Waals surface area contributed by atoms with Crippen molar-refractivity contribution in [2.45, 2.75) is 32.9 Å². The molecule has 3 amide bonds. The summed E-state index contributed by atoms with van der Waals surface area (Å²) >= 11 is 0. The summed E-state index contributed by atoms with van der Waals surface area (Å²) in [6, 6.07) is 21.0. The van der Waals surface area contributed by atoms with Gasteiger partial charge in [0.1, 0.15) is 11.4 Å². The number of nitrogens with zero attached hydrogens (tertiary/aromatic N) is 2. The predicted octanol–water partition coefficient (Wildman–Crippen LogP) is 4.14. The number of nitrogens with one attached hydrogen (secondary N) is 2. The summed E-state index contributed by atoms with van der Waals surface area (Å²) in [4.78, 5) is 47.1. The van der Waals surface area contributed by atoms with Gasteiger partial charge in [0.25, 0.3) is 5.56 Å². The third kappa shape index (κ3) is 5.95. The molecule has 4 rings (SSSR count). The van der Waals surface area contributed by atoms with E-state index in [9.17, 15) is 14.4 Å². The van der Waals surface area contributed by atoms with Crippen LogP contribution in [0.1, 0.15) is 36.7 Å². The molecule has 9 heteroatoms. The Hall–Kier alpha value is -4.66. The minimum Gasteiger partial charge on any atom is -0.492 e. The number of hydrogen-bond donors (Lipinski definition) is 3. The molecule has 9 nitrogen and oxygen atoms in total. The molecule has 4 N–H and O–H groups in total. The molecule has 0 aliphatic heterocycles. The van der Waals surface area contributed by atoms with E-state index < -0.39 is 23.5 Å². The number of nitrogens with two attached hydrogens (primary N) is 1. The molecule has 1 aromatic heterocycles. The highest BCUT2D eigenvalue weighted by Gasteiger charge is 2.25. The molecule has 3 aromatic carbocycles. The largest absolute Gasteiger partial charge is 0.492 e. The van der Waals surface area contributed by atoms with Gasteiger partial charge in [-0.15, -0.1) is 0 Å². The average Bonchev–Trinajstić information content (AvgIpc) is 2.89. The number of H-pyrrole nitrogens is 1. The first-order chi connectivity index (χ1) is 17.9. The molecule has 1 unspecified atom stereocenters. The van der Waals surface area contributed by atoms with Gasteiger partial charge >= 0.3 is 6.03 Å². The summed E-state index contributed by atoms with van der Waals surface area (Å²) in [5.41, 5.74) is 8.08. The molecule has 0 aliphatic carbocycles. The molecule has 1 atom stereocenters. The van der Waals surface area contributed by atoms with E-state index in [1.165, 1.54) is 4.90 Å². The first kappa shape index (κ1) is 25.4. The maximum atomic E-state index is 13.6. The normalized spacial score (nSPS) is 11.6. The Balaban J connectivity index is 1.73. The Morgan fingerprint density at radius 2 is 1.78 bits per heavy atom. The molecule has 0 aliphatic rings. The molecule has 0 spiro atoms. The van der Waals surface area contributed by atoms with E-state index in [0.717, 1.165) is 5.56 Å². The molecule has 4 aromatic rings. The fourth-order valence-electron chi connectivity index (χ4n) is 4.14. The Morgan fingerprint density at radius 1 is 1.05 bits per heavy atom. The van der Waals surface area contributed by atoms with Crippen molar-refractivity contribution in [2.75, 3.05) is 11.9 Å². The van der Waals surface area contributed by atoms with Gasteiger partial charge in [-0.05, 0) is 43.2 Å². The second-order valence-electron chi connectivity index (χ2n) is 8.54. The third-order valence-corrected chi connectivity index (χ3v) is 6.00. The van der Waals surface area contributed by atoms with Crippen LogP contribution in [0.5, 0.6) is 5.75 Å². The van der Waals surface area contributed by atoms with Crippen LogP contribution >= 0.6 is 0 Å². The zero-order valence-corrected chi connectivity index (χ0v) is 20.7. The van der Waals surface area contributed by atoms with E-state index in [4.69, 9.17) is 10.5 Å². The van der Waals surface area contributed by atoms with E-state index in [0.29, 0.717) is 34.6 Å². The molecular formula is C28H29N5O4. The molecule has 0 saturated carbocycles. The number of carbonyl (C=O) groups is 2. The van der Waals surface area contributed by atoms with E-state index in [2.05, 4.69) is 15.3 Å². The maximum Gasteiger partial charge on any atom is 0.322 e. The van der Waals surface area contributed by atoms with E-state index in [1.807, 2.05) is 50.2 Å². The second kappa shape index (κ2) is 11.4. The van der Waals surface area contributed by atoms with Crippen LogP contribution in [-0.2, 0) is 17.8 Å². The quantitative estimate of drug-likeness (QED) is 0.319. The first-order valence-corrected chi connectivity index (χ1v) is 12.0. The zero-order chi connectivity index (χ0) is 26.4. The highest BCUT2D eigenvalue weighted by molar-refractivity contribution is 5.91. The number of anilines is 1. The summed E-state index contributed by atoms with van der Waals surface area (Å²) in [5.74, 6) is 0.0390. The minimum atomic E-state index is -0.506. The number of primary amides is 1. The number of hydrogen-bond acceptors (Lipinski definition) is 5. The summed E-state index contributed by atoms with van der Waals surface area (Å²) in [7, 11) is 0. The molecular weight excluding hydrogens is 470 g/mol. The van der Waals surface area contributed by atoms with Crippen molar-refractivity contribution in [3.8, 4) is 5.75 Å². The Morgan fingerprint density at radius 3 is 2.51 bits per heavy atom. The number of fused-ring (bicyclic) bond motifs is 1. The van der Waals surface area contributed by atoms with Crippen molar-refractivity contribution in [2.24, 2.45) is 5.73 Å². The van der Waals surface area contributed by atoms with Crippen molar-refractivity contribution in [1.82, 2.24) is 14.9 Å². The first-order valence-electron chi connectivity index (χ1n) is 12.0. The van der Waals surface area contributed by atoms with Gasteiger partial charge in [0.15, 0.2) is 0 Å². The Bertz CT molecular complexity index is 1470. The highest BCUT2D eigenvalue weighted by Crippen LogP contribution is 2.27. The number of ether oxygens (including phenoxy) is 1. The fraction of sp³-hybridized carbons (Fsp3) is 0.214. The molecule has 190 valence electrons. The fourth-order valence-corrected chi connectivity index (χ4v) is 4.14. The number of benzene rings is 3. The average molecular weight is 500 g/mol. The van der Waals surface area contributed by atoms with Crippen molar-refractivity contribution < 1.29 is 14.3 Å². The lowest BCUT2D eigenvalue weighted by Gasteiger charge is -2.29. The van der Waals surface area contributed by atoms with Crippen LogP contribution in [0.2, 0.25) is 0 Å². The standard InChI is InChI=1S/C28H29N5O4/c1-3-37-24-15-8-7-13-21(24)32-28(36)33(18(2)19-10-5-4-6-11-19)17-23-27(35)31-22-14-9-12-20(16-25(29)34)26(22)30-23/h4-15,18H,3,16-17H2,1-2H3,(H2,29,34)(H,31,35)(H,32,36). The van der Waals surface area contributed by atoms with Gasteiger partial charge in [-0.3, -0.25) is 9.59 Å². The lowest BCUT2D eigenvalue weighted by atomic mass is 10.1. The van der Waals surface area contributed by atoms with Gasteiger partial charge in [0.2, 0.25) is 5.91 Å². The topological polar surface area (TPSA) is 130 Å². The number of aromatic amines is 1. The number of carbonyl (C=O) groups excluding carboxylic acids is 2. The van der Waals surface area contributed by atoms with Gasteiger partial charge in [-0.2, -0.15) is 0 Å². The number of rotatable bonds is 9. The van der Waals surface area contributed by atoms with Crippen LogP contribution in [0.25, 0.3) is 11.0 Å². The van der Waals surface area contributed by atoms with E-state index >= 15 is 0 Å². The van der Waals surface area contributed by atoms with Crippen LogP contribution in [0.15, 0.2) is 77.6 Å². The van der Waals surface area contributed by atoms with Crippen molar-refractivity contribution >= 4 is 28.7 Å². The highest BCUT2D eigenvalue weighted by atomic mass is 16.5. The van der Waals surface area contributed by atoms with E-state index in [1.54, 1.807) is 36.4 Å². The summed E-state index contributed by atoms with van der Waals surface area (Å²) in [6.07, 6.45) is -0.0192. The lowest BCUT2D eigenvalue weighted by molar-refractivity contribution is -0.117. The molecule has 0 radical (unpaired) electrons. The van der Waals surface area contributed by atoms with Gasteiger partial charge in [-0.1, -0.05) is 54.6 Å². The van der Waals surface area contributed by atoms with Crippen LogP contribution < -0.4 is 21.3 Å². The number of amides is 3. The van der Waals surface area contributed by atoms with Gasteiger partial charge in [0.05, 0.1) is 42.3 Å². The van der Waals surface area contributed by atoms with Crippen molar-refractivity contribution in [3.63, 3.8) is 0 Å². The van der Waals surface area contributed by atoms with Gasteiger partial charge in [0, 0.05) is 0 Å². The number of aromatic nitrogens is 2. The SMILES string of the molecule is CCOc1ccccc1NC(=O)N(Cc1nc2c(CC(N)=O)cccc2[nH]c1=O)C(C)c1ccccc1. The van der Waals surface area contributed by atoms with E-state index in [-0.39, 0.29) is 18.7 Å². The molecule has 0 bridgehead atoms. The van der Waals surface area contributed by atoms with Crippen LogP contribution in [0.4, 0.5) is 10.5 Å². The third-order valence-electron chi connectivity index (χ3n) is 6.00. The summed E-state index contributed by atoms with van der Waals surface area (Å²) < 4.78 is 5.65. The lowest BCUT2D eigenvalue weighted by Crippen LogP contribution is -2.38. The number of para-hydroxylation sites is 3. The molecule has 1 heterocycles. The maximum absolute atomic E-state index is 13.6. The van der Waals surface area contributed by atoms with Gasteiger partial charge in [-0.25, -0.2) is 9.78 Å². The summed E-state index contributed by atoms with van der Waals surface area (Å²) in [5, 5.41) is 2.92.